The highest BCUT2D eigenvalue weighted by atomic mass is 16.3. The molecule has 2 aromatic carbocycles. The third-order valence-corrected chi connectivity index (χ3v) is 7.08. The first-order valence-corrected chi connectivity index (χ1v) is 11.2. The Kier molecular flexibility index (Phi) is 5.15. The van der Waals surface area contributed by atoms with E-state index in [1.165, 1.54) is 30.0 Å². The quantitative estimate of drug-likeness (QED) is 0.666. The van der Waals surface area contributed by atoms with Gasteiger partial charge in [-0.1, -0.05) is 48.9 Å². The van der Waals surface area contributed by atoms with Gasteiger partial charge in [0.15, 0.2) is 0 Å². The number of aliphatic hydroxyl groups excluding tert-OH is 1. The maximum Gasteiger partial charge on any atom is 0.140 e. The Balaban J connectivity index is 1.40. The van der Waals surface area contributed by atoms with Crippen molar-refractivity contribution in [1.29, 1.82) is 0 Å². The predicted octanol–water partition coefficient (Wildman–Crippen LogP) is 5.02. The summed E-state index contributed by atoms with van der Waals surface area (Å²) in [6.07, 6.45) is 7.85. The molecule has 0 amide bonds. The Morgan fingerprint density at radius 2 is 1.79 bits per heavy atom. The molecule has 29 heavy (non-hydrogen) atoms. The molecule has 1 aliphatic heterocycles. The van der Waals surface area contributed by atoms with Gasteiger partial charge in [0, 0.05) is 24.3 Å². The molecule has 1 atom stereocenters. The van der Waals surface area contributed by atoms with E-state index < -0.39 is 6.10 Å². The van der Waals surface area contributed by atoms with Crippen molar-refractivity contribution >= 4 is 10.8 Å². The van der Waals surface area contributed by atoms with E-state index in [-0.39, 0.29) is 0 Å². The molecule has 1 unspecified atom stereocenters. The number of rotatable bonds is 5. The van der Waals surface area contributed by atoms with Gasteiger partial charge >= 0.3 is 0 Å². The molecule has 3 aromatic rings. The van der Waals surface area contributed by atoms with Crippen LogP contribution in [0.4, 0.5) is 0 Å². The van der Waals surface area contributed by atoms with Crippen LogP contribution < -0.4 is 0 Å². The number of aliphatic hydroxyl groups is 1. The van der Waals surface area contributed by atoms with Crippen LogP contribution in [0.5, 0.6) is 0 Å². The first kappa shape index (κ1) is 18.8. The highest BCUT2D eigenvalue weighted by Crippen LogP contribution is 2.36. The molecular weight excluding hydrogens is 358 g/mol. The minimum atomic E-state index is -0.472. The summed E-state index contributed by atoms with van der Waals surface area (Å²) in [6.45, 7) is 5.23. The Hall–Kier alpha value is -2.17. The molecule has 1 saturated carbocycles. The fourth-order valence-electron chi connectivity index (χ4n) is 5.05. The fraction of sp³-hybridized carbons (Fsp3) is 0.480. The molecule has 2 fully saturated rings. The normalized spacial score (nSPS) is 20.1. The summed E-state index contributed by atoms with van der Waals surface area (Å²) >= 11 is 0. The summed E-state index contributed by atoms with van der Waals surface area (Å²) in [6, 6.07) is 15.6. The molecule has 1 N–H and O–H groups in total. The second-order valence-electron chi connectivity index (χ2n) is 8.71. The number of hydrogen-bond acceptors (Lipinski definition) is 3. The number of likely N-dealkylation sites (tertiary alicyclic amines) is 1. The average Bonchev–Trinajstić information content (AvgIpc) is 3.16. The van der Waals surface area contributed by atoms with Gasteiger partial charge in [0.1, 0.15) is 11.9 Å². The van der Waals surface area contributed by atoms with Crippen molar-refractivity contribution in [2.24, 2.45) is 5.92 Å². The van der Waals surface area contributed by atoms with E-state index in [0.29, 0.717) is 5.92 Å². The van der Waals surface area contributed by atoms with Gasteiger partial charge < -0.3 is 14.6 Å². The lowest BCUT2D eigenvalue weighted by Crippen LogP contribution is -2.45. The predicted molar refractivity (Wildman–Crippen MR) is 118 cm³/mol. The second kappa shape index (κ2) is 7.92. The highest BCUT2D eigenvalue weighted by molar-refractivity contribution is 5.95. The van der Waals surface area contributed by atoms with Gasteiger partial charge in [0.2, 0.25) is 0 Å². The molecule has 0 bridgehead atoms. The van der Waals surface area contributed by atoms with Crippen LogP contribution in [0.3, 0.4) is 0 Å². The van der Waals surface area contributed by atoms with Gasteiger partial charge in [-0.15, -0.1) is 0 Å². The fourth-order valence-corrected chi connectivity index (χ4v) is 5.05. The van der Waals surface area contributed by atoms with Gasteiger partial charge in [-0.25, -0.2) is 4.98 Å². The molecule has 2 aliphatic rings. The van der Waals surface area contributed by atoms with Gasteiger partial charge in [-0.05, 0) is 62.4 Å². The summed E-state index contributed by atoms with van der Waals surface area (Å²) in [4.78, 5) is 7.60. The first-order valence-electron chi connectivity index (χ1n) is 11.2. The van der Waals surface area contributed by atoms with Crippen LogP contribution in [0.15, 0.2) is 48.7 Å². The monoisotopic (exact) mass is 389 g/mol. The van der Waals surface area contributed by atoms with E-state index in [0.717, 1.165) is 55.6 Å². The van der Waals surface area contributed by atoms with Crippen molar-refractivity contribution in [1.82, 2.24) is 14.5 Å². The van der Waals surface area contributed by atoms with E-state index in [9.17, 15) is 5.11 Å². The molecule has 152 valence electrons. The van der Waals surface area contributed by atoms with E-state index in [4.69, 9.17) is 4.98 Å². The molecule has 0 radical (unpaired) electrons. The summed E-state index contributed by atoms with van der Waals surface area (Å²) in [5.74, 6) is 1.28. The molecule has 4 heteroatoms. The van der Waals surface area contributed by atoms with Crippen molar-refractivity contribution in [3.63, 3.8) is 0 Å². The highest BCUT2D eigenvalue weighted by Gasteiger charge is 2.32. The maximum absolute atomic E-state index is 11.1. The largest absolute Gasteiger partial charge is 0.386 e. The molecule has 4 nitrogen and oxygen atoms in total. The molecule has 1 saturated heterocycles. The van der Waals surface area contributed by atoms with E-state index in [1.54, 1.807) is 0 Å². The molecular formula is C25H31N3O. The molecule has 2 heterocycles. The zero-order valence-corrected chi connectivity index (χ0v) is 17.3. The summed E-state index contributed by atoms with van der Waals surface area (Å²) in [5.41, 5.74) is 1.97. The summed E-state index contributed by atoms with van der Waals surface area (Å²) in [5, 5.41) is 13.6. The van der Waals surface area contributed by atoms with Crippen molar-refractivity contribution < 1.29 is 5.11 Å². The number of aromatic nitrogens is 2. The number of imidazole rings is 1. The SMILES string of the molecule is CCn1cc(C(O)C2CCN(C3CCC3)CC2)nc1-c1cccc2ccccc12. The zero-order valence-electron chi connectivity index (χ0n) is 17.3. The number of hydrogen-bond donors (Lipinski definition) is 1. The minimum Gasteiger partial charge on any atom is -0.386 e. The summed E-state index contributed by atoms with van der Waals surface area (Å²) in [7, 11) is 0. The minimum absolute atomic E-state index is 0.312. The number of fused-ring (bicyclic) bond motifs is 1. The van der Waals surface area contributed by atoms with Crippen LogP contribution in [-0.2, 0) is 6.54 Å². The molecule has 5 rings (SSSR count). The van der Waals surface area contributed by atoms with Gasteiger partial charge in [-0.3, -0.25) is 0 Å². The Morgan fingerprint density at radius 1 is 1.03 bits per heavy atom. The third-order valence-electron chi connectivity index (χ3n) is 7.08. The molecule has 1 aliphatic carbocycles. The zero-order chi connectivity index (χ0) is 19.8. The van der Waals surface area contributed by atoms with Crippen molar-refractivity contribution in [2.75, 3.05) is 13.1 Å². The van der Waals surface area contributed by atoms with Crippen LogP contribution >= 0.6 is 0 Å². The lowest BCUT2D eigenvalue weighted by molar-refractivity contribution is 0.0273. The Morgan fingerprint density at radius 3 is 2.52 bits per heavy atom. The Labute approximate surface area is 173 Å². The van der Waals surface area contributed by atoms with E-state index in [1.807, 2.05) is 0 Å². The van der Waals surface area contributed by atoms with Crippen LogP contribution in [0.2, 0.25) is 0 Å². The van der Waals surface area contributed by atoms with Gasteiger partial charge in [-0.2, -0.15) is 0 Å². The van der Waals surface area contributed by atoms with Crippen molar-refractivity contribution in [3.8, 4) is 11.4 Å². The van der Waals surface area contributed by atoms with Crippen LogP contribution in [0.25, 0.3) is 22.2 Å². The first-order chi connectivity index (χ1) is 14.2. The van der Waals surface area contributed by atoms with Gasteiger partial charge in [0.05, 0.1) is 5.69 Å². The number of benzene rings is 2. The Bertz CT molecular complexity index is 977. The van der Waals surface area contributed by atoms with E-state index >= 15 is 0 Å². The van der Waals surface area contributed by atoms with E-state index in [2.05, 4.69) is 65.1 Å². The van der Waals surface area contributed by atoms with Crippen molar-refractivity contribution in [2.45, 2.75) is 57.7 Å². The lowest BCUT2D eigenvalue weighted by atomic mass is 9.85. The number of aryl methyl sites for hydroxylation is 1. The standard InChI is InChI=1S/C25H31N3O/c1-2-27-17-23(24(29)19-13-15-28(16-14-19)20-9-6-10-20)26-25(27)22-12-5-8-18-7-3-4-11-21(18)22/h3-5,7-8,11-12,17,19-20,24,29H,2,6,9-10,13-16H2,1H3. The van der Waals surface area contributed by atoms with Crippen LogP contribution in [0, 0.1) is 5.92 Å². The van der Waals surface area contributed by atoms with Crippen molar-refractivity contribution in [3.05, 3.63) is 54.4 Å². The molecule has 1 aromatic heterocycles. The topological polar surface area (TPSA) is 41.3 Å². The van der Waals surface area contributed by atoms with Crippen LogP contribution in [0.1, 0.15) is 50.8 Å². The molecule has 0 spiro atoms. The number of nitrogens with zero attached hydrogens (tertiary/aromatic N) is 3. The number of piperidine rings is 1. The summed E-state index contributed by atoms with van der Waals surface area (Å²) < 4.78 is 2.18. The third kappa shape index (κ3) is 3.49. The lowest BCUT2D eigenvalue weighted by Gasteiger charge is -2.42. The van der Waals surface area contributed by atoms with Gasteiger partial charge in [0.25, 0.3) is 0 Å². The maximum atomic E-state index is 11.1. The average molecular weight is 390 g/mol. The smallest absolute Gasteiger partial charge is 0.140 e. The second-order valence-corrected chi connectivity index (χ2v) is 8.71. The van der Waals surface area contributed by atoms with Crippen LogP contribution in [-0.4, -0.2) is 38.7 Å².